The van der Waals surface area contributed by atoms with E-state index in [4.69, 9.17) is 4.74 Å². The first-order chi connectivity index (χ1) is 13.6. The summed E-state index contributed by atoms with van der Waals surface area (Å²) in [4.78, 5) is 29.5. The van der Waals surface area contributed by atoms with E-state index in [0.29, 0.717) is 16.9 Å². The fourth-order valence-corrected chi connectivity index (χ4v) is 3.33. The number of carbonyl (C=O) groups is 1. The van der Waals surface area contributed by atoms with Crippen LogP contribution in [-0.4, -0.2) is 27.7 Å². The van der Waals surface area contributed by atoms with Gasteiger partial charge in [-0.05, 0) is 12.5 Å². The predicted molar refractivity (Wildman–Crippen MR) is 107 cm³/mol. The molecule has 0 atom stereocenters. The number of aryl methyl sites for hydroxylation is 1. The van der Waals surface area contributed by atoms with Gasteiger partial charge in [-0.25, -0.2) is 9.50 Å². The summed E-state index contributed by atoms with van der Waals surface area (Å²) in [7, 11) is 1.30. The molecule has 2 aromatic carbocycles. The fourth-order valence-electron chi connectivity index (χ4n) is 3.33. The van der Waals surface area contributed by atoms with E-state index in [-0.39, 0.29) is 12.0 Å². The second kappa shape index (κ2) is 7.15. The number of aromatic nitrogens is 3. The second-order valence-corrected chi connectivity index (χ2v) is 6.49. The predicted octanol–water partition coefficient (Wildman–Crippen LogP) is 3.38. The summed E-state index contributed by atoms with van der Waals surface area (Å²) in [5.41, 5.74) is 4.61. The Morgan fingerprint density at radius 2 is 1.64 bits per heavy atom. The van der Waals surface area contributed by atoms with Gasteiger partial charge < -0.3 is 4.74 Å². The molecule has 2 heterocycles. The minimum absolute atomic E-state index is 0.114. The molecule has 0 aliphatic rings. The summed E-state index contributed by atoms with van der Waals surface area (Å²) in [6.45, 7) is 1.74. The van der Waals surface area contributed by atoms with Gasteiger partial charge in [0.05, 0.1) is 30.4 Å². The third-order valence-corrected chi connectivity index (χ3v) is 4.75. The molecule has 0 spiro atoms. The van der Waals surface area contributed by atoms with Crippen LogP contribution in [0.1, 0.15) is 11.3 Å². The maximum Gasteiger partial charge on any atom is 0.310 e. The molecule has 6 heteroatoms. The van der Waals surface area contributed by atoms with Crippen molar-refractivity contribution in [2.75, 3.05) is 7.11 Å². The normalized spacial score (nSPS) is 10.9. The number of nitrogens with one attached hydrogen (secondary N) is 1. The van der Waals surface area contributed by atoms with Gasteiger partial charge in [-0.1, -0.05) is 60.7 Å². The number of nitrogens with zero attached hydrogens (tertiary/aromatic N) is 2. The number of H-pyrrole nitrogens is 1. The Morgan fingerprint density at radius 1 is 1.04 bits per heavy atom. The lowest BCUT2D eigenvalue weighted by Gasteiger charge is -2.06. The summed E-state index contributed by atoms with van der Waals surface area (Å²) in [6, 6.07) is 19.6. The van der Waals surface area contributed by atoms with E-state index in [0.717, 1.165) is 22.4 Å². The summed E-state index contributed by atoms with van der Waals surface area (Å²) >= 11 is 0. The van der Waals surface area contributed by atoms with Crippen LogP contribution in [0.5, 0.6) is 0 Å². The van der Waals surface area contributed by atoms with Crippen LogP contribution in [0.25, 0.3) is 28.0 Å². The van der Waals surface area contributed by atoms with Crippen LogP contribution in [0, 0.1) is 6.92 Å². The molecule has 0 saturated heterocycles. The van der Waals surface area contributed by atoms with E-state index < -0.39 is 5.97 Å². The van der Waals surface area contributed by atoms with Crippen LogP contribution >= 0.6 is 0 Å². The maximum atomic E-state index is 13.1. The molecule has 0 radical (unpaired) electrons. The van der Waals surface area contributed by atoms with Crippen LogP contribution in [0.2, 0.25) is 0 Å². The van der Waals surface area contributed by atoms with Crippen LogP contribution < -0.4 is 5.56 Å². The number of ether oxygens (including phenoxy) is 1. The number of rotatable bonds is 4. The van der Waals surface area contributed by atoms with Crippen LogP contribution in [0.3, 0.4) is 0 Å². The van der Waals surface area contributed by atoms with E-state index in [1.807, 2.05) is 60.7 Å². The van der Waals surface area contributed by atoms with Gasteiger partial charge in [0.2, 0.25) is 0 Å². The first-order valence-electron chi connectivity index (χ1n) is 8.92. The molecule has 6 nitrogen and oxygen atoms in total. The average Bonchev–Trinajstić information content (AvgIpc) is 3.11. The molecule has 1 N–H and O–H groups in total. The van der Waals surface area contributed by atoms with Crippen molar-refractivity contribution in [3.05, 3.63) is 82.3 Å². The van der Waals surface area contributed by atoms with Crippen molar-refractivity contribution >= 4 is 11.6 Å². The summed E-state index contributed by atoms with van der Waals surface area (Å²) in [5.74, 6) is -0.472. The molecule has 0 saturated carbocycles. The average molecular weight is 373 g/mol. The van der Waals surface area contributed by atoms with E-state index in [1.165, 1.54) is 11.6 Å². The first kappa shape index (κ1) is 17.7. The second-order valence-electron chi connectivity index (χ2n) is 6.49. The maximum absolute atomic E-state index is 13.1. The topological polar surface area (TPSA) is 76.5 Å². The molecule has 0 aliphatic heterocycles. The van der Waals surface area contributed by atoms with Crippen LogP contribution in [0.15, 0.2) is 65.5 Å². The molecule has 0 bridgehead atoms. The Morgan fingerprint density at radius 3 is 2.25 bits per heavy atom. The Labute approximate surface area is 161 Å². The van der Waals surface area contributed by atoms with Gasteiger partial charge in [0.25, 0.3) is 5.56 Å². The van der Waals surface area contributed by atoms with Gasteiger partial charge >= 0.3 is 5.97 Å². The zero-order valence-electron chi connectivity index (χ0n) is 15.6. The zero-order valence-corrected chi connectivity index (χ0v) is 15.6. The molecule has 140 valence electrons. The number of benzene rings is 2. The molecule has 0 fully saturated rings. The number of aromatic amines is 1. The first-order valence-corrected chi connectivity index (χ1v) is 8.92. The van der Waals surface area contributed by atoms with Gasteiger partial charge in [0, 0.05) is 11.3 Å². The van der Waals surface area contributed by atoms with Crippen molar-refractivity contribution < 1.29 is 9.53 Å². The van der Waals surface area contributed by atoms with Crippen LogP contribution in [0.4, 0.5) is 0 Å². The highest BCUT2D eigenvalue weighted by atomic mass is 16.5. The lowest BCUT2D eigenvalue weighted by atomic mass is 10.0. The lowest BCUT2D eigenvalue weighted by molar-refractivity contribution is -0.139. The lowest BCUT2D eigenvalue weighted by Crippen LogP contribution is -2.24. The quantitative estimate of drug-likeness (QED) is 0.557. The van der Waals surface area contributed by atoms with Crippen molar-refractivity contribution in [3.63, 3.8) is 0 Å². The molecular weight excluding hydrogens is 354 g/mol. The zero-order chi connectivity index (χ0) is 19.7. The largest absolute Gasteiger partial charge is 0.469 e. The highest BCUT2D eigenvalue weighted by Crippen LogP contribution is 2.33. The summed E-state index contributed by atoms with van der Waals surface area (Å²) < 4.78 is 6.13. The third-order valence-electron chi connectivity index (χ3n) is 4.75. The molecule has 4 rings (SSSR count). The Hall–Kier alpha value is -3.67. The molecule has 2 aromatic heterocycles. The van der Waals surface area contributed by atoms with E-state index in [9.17, 15) is 9.59 Å². The molecule has 4 aromatic rings. The monoisotopic (exact) mass is 373 g/mol. The summed E-state index contributed by atoms with van der Waals surface area (Å²) in [6.07, 6.45) is -0.114. The van der Waals surface area contributed by atoms with Crippen molar-refractivity contribution in [3.8, 4) is 22.4 Å². The van der Waals surface area contributed by atoms with Crippen LogP contribution in [-0.2, 0) is 16.0 Å². The molecule has 0 unspecified atom stereocenters. The van der Waals surface area contributed by atoms with Gasteiger partial charge in [-0.3, -0.25) is 14.7 Å². The van der Waals surface area contributed by atoms with Gasteiger partial charge in [0.1, 0.15) is 0 Å². The van der Waals surface area contributed by atoms with E-state index in [1.54, 1.807) is 6.92 Å². The number of hydrogen-bond donors (Lipinski definition) is 1. The summed E-state index contributed by atoms with van der Waals surface area (Å²) in [5, 5.41) is 3.20. The Kier molecular flexibility index (Phi) is 4.53. The molecule has 0 amide bonds. The number of methoxy groups -OCH3 is 1. The number of carbonyl (C=O) groups excluding carboxylic acids is 1. The highest BCUT2D eigenvalue weighted by molar-refractivity contribution is 5.90. The van der Waals surface area contributed by atoms with Crippen molar-refractivity contribution in [2.24, 2.45) is 0 Å². The smallest absolute Gasteiger partial charge is 0.310 e. The standard InChI is InChI=1S/C22H19N3O3/c1-14-17(13-18(26)28-2)22(27)25-21(23-14)19(15-9-5-3-6-10-15)20(24-25)16-11-7-4-8-12-16/h3-12,24H,13H2,1-2H3. The number of hydrogen-bond acceptors (Lipinski definition) is 4. The van der Waals surface area contributed by atoms with Gasteiger partial charge in [-0.15, -0.1) is 0 Å². The van der Waals surface area contributed by atoms with E-state index in [2.05, 4.69) is 10.1 Å². The van der Waals surface area contributed by atoms with Crippen molar-refractivity contribution in [1.29, 1.82) is 0 Å². The van der Waals surface area contributed by atoms with Crippen molar-refractivity contribution in [1.82, 2.24) is 14.6 Å². The minimum Gasteiger partial charge on any atom is -0.469 e. The minimum atomic E-state index is -0.472. The van der Waals surface area contributed by atoms with E-state index >= 15 is 0 Å². The number of esters is 1. The molecule has 0 aliphatic carbocycles. The third kappa shape index (κ3) is 2.99. The fraction of sp³-hybridized carbons (Fsp3) is 0.136. The molecular formula is C22H19N3O3. The van der Waals surface area contributed by atoms with Gasteiger partial charge in [0.15, 0.2) is 5.65 Å². The van der Waals surface area contributed by atoms with Crippen molar-refractivity contribution in [2.45, 2.75) is 13.3 Å². The number of fused-ring (bicyclic) bond motifs is 1. The highest BCUT2D eigenvalue weighted by Gasteiger charge is 2.21. The Balaban J connectivity index is 2.05. The molecule has 28 heavy (non-hydrogen) atoms. The van der Waals surface area contributed by atoms with Gasteiger partial charge in [-0.2, -0.15) is 0 Å². The SMILES string of the molecule is COC(=O)Cc1c(C)nc2c(-c3ccccc3)c(-c3ccccc3)[nH]n2c1=O. The Bertz CT molecular complexity index is 1210.